The van der Waals surface area contributed by atoms with Gasteiger partial charge in [0.1, 0.15) is 11.6 Å². The molecule has 0 saturated carbocycles. The van der Waals surface area contributed by atoms with Crippen LogP contribution in [0.25, 0.3) is 0 Å². The van der Waals surface area contributed by atoms with Crippen molar-refractivity contribution >= 4 is 11.4 Å². The molecule has 22 heavy (non-hydrogen) atoms. The van der Waals surface area contributed by atoms with Crippen molar-refractivity contribution in [3.05, 3.63) is 90.2 Å². The second-order valence-electron chi connectivity index (χ2n) is 5.06. The zero-order valence-electron chi connectivity index (χ0n) is 12.0. The number of aromatic hydroxyl groups is 1. The highest BCUT2D eigenvalue weighted by molar-refractivity contribution is 5.63. The normalized spacial score (nSPS) is 10.4. The molecule has 0 atom stereocenters. The third-order valence-electron chi connectivity index (χ3n) is 3.48. The minimum Gasteiger partial charge on any atom is -0.508 e. The first-order valence-corrected chi connectivity index (χ1v) is 7.08. The second-order valence-corrected chi connectivity index (χ2v) is 5.06. The zero-order valence-corrected chi connectivity index (χ0v) is 12.0. The number of anilines is 2. The molecule has 0 spiro atoms. The van der Waals surface area contributed by atoms with Gasteiger partial charge in [-0.1, -0.05) is 30.3 Å². The molecule has 0 radical (unpaired) electrons. The van der Waals surface area contributed by atoms with Crippen LogP contribution in [0.2, 0.25) is 0 Å². The summed E-state index contributed by atoms with van der Waals surface area (Å²) in [5.74, 6) is -0.00168. The van der Waals surface area contributed by atoms with E-state index in [-0.39, 0.29) is 11.6 Å². The lowest BCUT2D eigenvalue weighted by Crippen LogP contribution is -2.16. The largest absolute Gasteiger partial charge is 0.508 e. The highest BCUT2D eigenvalue weighted by Gasteiger charge is 2.10. The second kappa shape index (κ2) is 6.31. The van der Waals surface area contributed by atoms with Crippen molar-refractivity contribution in [1.29, 1.82) is 0 Å². The molecule has 0 unspecified atom stereocenters. The van der Waals surface area contributed by atoms with Crippen LogP contribution in [-0.4, -0.2) is 5.11 Å². The van der Waals surface area contributed by atoms with Gasteiger partial charge in [0.15, 0.2) is 0 Å². The number of phenols is 1. The maximum Gasteiger partial charge on any atom is 0.123 e. The molecule has 3 rings (SSSR count). The van der Waals surface area contributed by atoms with Crippen molar-refractivity contribution in [2.45, 2.75) is 6.54 Å². The number of nitrogens with zero attached hydrogens (tertiary/aromatic N) is 1. The Morgan fingerprint density at radius 2 is 1.32 bits per heavy atom. The summed E-state index contributed by atoms with van der Waals surface area (Å²) < 4.78 is 13.2. The number of benzene rings is 3. The van der Waals surface area contributed by atoms with Crippen molar-refractivity contribution < 1.29 is 9.50 Å². The summed E-state index contributed by atoms with van der Waals surface area (Å²) in [5.41, 5.74) is 3.01. The summed E-state index contributed by atoms with van der Waals surface area (Å²) in [5, 5.41) is 9.40. The van der Waals surface area contributed by atoms with Gasteiger partial charge in [0.2, 0.25) is 0 Å². The molecule has 0 aliphatic heterocycles. The molecule has 3 heteroatoms. The van der Waals surface area contributed by atoms with Gasteiger partial charge in [-0.25, -0.2) is 4.39 Å². The monoisotopic (exact) mass is 293 g/mol. The standard InChI is InChI=1S/C19H16FNO/c20-16-8-10-18(11-9-16)21(17-4-2-1-3-5-17)14-15-6-12-19(22)13-7-15/h1-13,22H,14H2. The summed E-state index contributed by atoms with van der Waals surface area (Å²) in [6.45, 7) is 0.635. The van der Waals surface area contributed by atoms with E-state index in [9.17, 15) is 9.50 Å². The van der Waals surface area contributed by atoms with Crippen LogP contribution in [0.15, 0.2) is 78.9 Å². The van der Waals surface area contributed by atoms with E-state index in [1.165, 1.54) is 12.1 Å². The van der Waals surface area contributed by atoms with Gasteiger partial charge >= 0.3 is 0 Å². The van der Waals surface area contributed by atoms with Crippen molar-refractivity contribution in [1.82, 2.24) is 0 Å². The minimum absolute atomic E-state index is 0.247. The Morgan fingerprint density at radius 3 is 1.95 bits per heavy atom. The molecule has 0 bridgehead atoms. The summed E-state index contributed by atoms with van der Waals surface area (Å²) >= 11 is 0. The SMILES string of the molecule is Oc1ccc(CN(c2ccccc2)c2ccc(F)cc2)cc1. The predicted molar refractivity (Wildman–Crippen MR) is 86.8 cm³/mol. The van der Waals surface area contributed by atoms with E-state index < -0.39 is 0 Å². The van der Waals surface area contributed by atoms with E-state index >= 15 is 0 Å². The molecule has 0 amide bonds. The molecule has 0 heterocycles. The van der Waals surface area contributed by atoms with Crippen LogP contribution < -0.4 is 4.90 Å². The van der Waals surface area contributed by atoms with E-state index in [4.69, 9.17) is 0 Å². The average molecular weight is 293 g/mol. The Labute approximate surface area is 129 Å². The van der Waals surface area contributed by atoms with Gasteiger partial charge < -0.3 is 10.0 Å². The summed E-state index contributed by atoms with van der Waals surface area (Å²) in [6, 6.07) is 23.5. The van der Waals surface area contributed by atoms with E-state index in [2.05, 4.69) is 4.90 Å². The van der Waals surface area contributed by atoms with Gasteiger partial charge in [-0.05, 0) is 54.1 Å². The van der Waals surface area contributed by atoms with Gasteiger partial charge in [-0.15, -0.1) is 0 Å². The molecule has 0 aromatic heterocycles. The molecule has 0 saturated heterocycles. The van der Waals surface area contributed by atoms with E-state index in [1.54, 1.807) is 24.3 Å². The van der Waals surface area contributed by atoms with Crippen LogP contribution in [-0.2, 0) is 6.54 Å². The number of hydrogen-bond donors (Lipinski definition) is 1. The van der Waals surface area contributed by atoms with Gasteiger partial charge in [-0.2, -0.15) is 0 Å². The van der Waals surface area contributed by atoms with Crippen LogP contribution in [0, 0.1) is 5.82 Å². The fraction of sp³-hybridized carbons (Fsp3) is 0.0526. The van der Waals surface area contributed by atoms with Crippen molar-refractivity contribution in [2.24, 2.45) is 0 Å². The Balaban J connectivity index is 1.96. The molecule has 0 fully saturated rings. The molecule has 110 valence electrons. The minimum atomic E-state index is -0.249. The van der Waals surface area contributed by atoms with Gasteiger partial charge in [-0.3, -0.25) is 0 Å². The van der Waals surface area contributed by atoms with Crippen molar-refractivity contribution in [3.63, 3.8) is 0 Å². The fourth-order valence-electron chi connectivity index (χ4n) is 2.34. The highest BCUT2D eigenvalue weighted by atomic mass is 19.1. The highest BCUT2D eigenvalue weighted by Crippen LogP contribution is 2.27. The predicted octanol–water partition coefficient (Wildman–Crippen LogP) is 4.87. The van der Waals surface area contributed by atoms with E-state index in [0.29, 0.717) is 6.54 Å². The van der Waals surface area contributed by atoms with E-state index in [1.807, 2.05) is 42.5 Å². The topological polar surface area (TPSA) is 23.5 Å². The number of phenolic OH excluding ortho intramolecular Hbond substituents is 1. The van der Waals surface area contributed by atoms with Gasteiger partial charge in [0.05, 0.1) is 0 Å². The molecule has 0 aliphatic carbocycles. The Morgan fingerprint density at radius 1 is 0.727 bits per heavy atom. The number of rotatable bonds is 4. The van der Waals surface area contributed by atoms with Crippen LogP contribution in [0.1, 0.15) is 5.56 Å². The first-order chi connectivity index (χ1) is 10.7. The third-order valence-corrected chi connectivity index (χ3v) is 3.48. The average Bonchev–Trinajstić information content (AvgIpc) is 2.56. The summed E-state index contributed by atoms with van der Waals surface area (Å²) in [6.07, 6.45) is 0. The van der Waals surface area contributed by atoms with Crippen LogP contribution in [0.3, 0.4) is 0 Å². The van der Waals surface area contributed by atoms with Crippen LogP contribution in [0.4, 0.5) is 15.8 Å². The number of para-hydroxylation sites is 1. The Kier molecular flexibility index (Phi) is 4.05. The quantitative estimate of drug-likeness (QED) is 0.742. The molecule has 1 N–H and O–H groups in total. The summed E-state index contributed by atoms with van der Waals surface area (Å²) in [4.78, 5) is 2.10. The van der Waals surface area contributed by atoms with Crippen molar-refractivity contribution in [3.8, 4) is 5.75 Å². The molecule has 0 aliphatic rings. The molecular weight excluding hydrogens is 277 g/mol. The number of hydrogen-bond acceptors (Lipinski definition) is 2. The van der Waals surface area contributed by atoms with Gasteiger partial charge in [0.25, 0.3) is 0 Å². The number of halogens is 1. The molecule has 3 aromatic carbocycles. The van der Waals surface area contributed by atoms with E-state index in [0.717, 1.165) is 16.9 Å². The smallest absolute Gasteiger partial charge is 0.123 e. The third kappa shape index (κ3) is 3.26. The zero-order chi connectivity index (χ0) is 15.4. The maximum absolute atomic E-state index is 13.2. The first-order valence-electron chi connectivity index (χ1n) is 7.08. The Hall–Kier alpha value is -2.81. The maximum atomic E-state index is 13.2. The van der Waals surface area contributed by atoms with Crippen LogP contribution >= 0.6 is 0 Å². The molecular formula is C19H16FNO. The van der Waals surface area contributed by atoms with Crippen LogP contribution in [0.5, 0.6) is 5.75 Å². The molecule has 3 aromatic rings. The first kappa shape index (κ1) is 14.1. The Bertz CT molecular complexity index is 724. The van der Waals surface area contributed by atoms with Crippen molar-refractivity contribution in [2.75, 3.05) is 4.90 Å². The summed E-state index contributed by atoms with van der Waals surface area (Å²) in [7, 11) is 0. The fourth-order valence-corrected chi connectivity index (χ4v) is 2.34. The van der Waals surface area contributed by atoms with Gasteiger partial charge in [0, 0.05) is 17.9 Å². The lowest BCUT2D eigenvalue weighted by molar-refractivity contribution is 0.475. The lowest BCUT2D eigenvalue weighted by Gasteiger charge is -2.25. The molecule has 2 nitrogen and oxygen atoms in total. The lowest BCUT2D eigenvalue weighted by atomic mass is 10.1.